The van der Waals surface area contributed by atoms with Crippen LogP contribution in [0.3, 0.4) is 0 Å². The lowest BCUT2D eigenvalue weighted by Gasteiger charge is -2.24. The topological polar surface area (TPSA) is 108 Å². The van der Waals surface area contributed by atoms with Gasteiger partial charge in [0.05, 0.1) is 0 Å². The number of carbonyl (C=O) groups excluding carboxylic acids is 2. The highest BCUT2D eigenvalue weighted by molar-refractivity contribution is 5.82. The molecule has 0 fully saturated rings. The number of aliphatic carboxylic acids is 1. The molecule has 0 saturated carbocycles. The first kappa shape index (κ1) is 20.0. The molecule has 3 N–H and O–H groups in total. The van der Waals surface area contributed by atoms with Gasteiger partial charge < -0.3 is 25.4 Å². The molecule has 0 aliphatic rings. The van der Waals surface area contributed by atoms with Crippen molar-refractivity contribution in [1.82, 2.24) is 15.5 Å². The Bertz CT molecular complexity index is 404. The summed E-state index contributed by atoms with van der Waals surface area (Å²) in [6, 6.07) is -1.60. The van der Waals surface area contributed by atoms with Crippen molar-refractivity contribution in [3.05, 3.63) is 0 Å². The fraction of sp³-hybridized carbons (Fsp3) is 0.786. The number of alkyl carbamates (subject to hydrolysis) is 1. The first-order chi connectivity index (χ1) is 9.94. The summed E-state index contributed by atoms with van der Waals surface area (Å²) in [5.41, 5.74) is -0.621. The highest BCUT2D eigenvalue weighted by Gasteiger charge is 2.23. The van der Waals surface area contributed by atoms with E-state index in [9.17, 15) is 14.4 Å². The third-order valence-electron chi connectivity index (χ3n) is 2.79. The average Bonchev–Trinajstić information content (AvgIpc) is 2.33. The van der Waals surface area contributed by atoms with E-state index in [0.717, 1.165) is 0 Å². The number of carboxylic acids is 1. The fourth-order valence-corrected chi connectivity index (χ4v) is 1.38. The van der Waals surface area contributed by atoms with Crippen LogP contribution in [0.25, 0.3) is 0 Å². The van der Waals surface area contributed by atoms with Crippen LogP contribution in [0.15, 0.2) is 0 Å². The Morgan fingerprint density at radius 2 is 1.77 bits per heavy atom. The number of hydrogen-bond acceptors (Lipinski definition) is 4. The van der Waals surface area contributed by atoms with Crippen LogP contribution in [-0.4, -0.2) is 59.4 Å². The van der Waals surface area contributed by atoms with Crippen molar-refractivity contribution in [2.75, 3.05) is 13.6 Å². The Hall–Kier alpha value is -1.99. The largest absolute Gasteiger partial charge is 0.480 e. The standard InChI is InChI=1S/C14H27N3O5/c1-9(2)17(6)12(20)16-10(11(18)19)7-8-15-13(21)22-14(3,4)5/h9-10H,7-8H2,1-6H3,(H,15,21)(H,16,20)(H,18,19)/t10-/m0/s1. The van der Waals surface area contributed by atoms with Crippen molar-refractivity contribution in [3.8, 4) is 0 Å². The van der Waals surface area contributed by atoms with Crippen LogP contribution in [-0.2, 0) is 9.53 Å². The van der Waals surface area contributed by atoms with Gasteiger partial charge in [-0.05, 0) is 41.0 Å². The highest BCUT2D eigenvalue weighted by Crippen LogP contribution is 2.06. The number of ether oxygens (including phenoxy) is 1. The van der Waals surface area contributed by atoms with Crippen molar-refractivity contribution in [2.24, 2.45) is 0 Å². The highest BCUT2D eigenvalue weighted by atomic mass is 16.6. The minimum Gasteiger partial charge on any atom is -0.480 e. The summed E-state index contributed by atoms with van der Waals surface area (Å²) in [6.45, 7) is 8.91. The third-order valence-corrected chi connectivity index (χ3v) is 2.79. The molecule has 0 aromatic heterocycles. The molecule has 0 aliphatic heterocycles. The van der Waals surface area contributed by atoms with Crippen LogP contribution >= 0.6 is 0 Å². The summed E-state index contributed by atoms with van der Waals surface area (Å²) < 4.78 is 5.04. The zero-order valence-electron chi connectivity index (χ0n) is 14.1. The van der Waals surface area contributed by atoms with Crippen LogP contribution in [0, 0.1) is 0 Å². The molecule has 0 radical (unpaired) electrons. The van der Waals surface area contributed by atoms with Crippen LogP contribution in [0.4, 0.5) is 9.59 Å². The SMILES string of the molecule is CC(C)N(C)C(=O)N[C@@H](CCNC(=O)OC(C)(C)C)C(=O)O. The molecule has 0 aromatic rings. The molecule has 0 unspecified atom stereocenters. The predicted molar refractivity (Wildman–Crippen MR) is 81.7 cm³/mol. The van der Waals surface area contributed by atoms with Crippen molar-refractivity contribution in [2.45, 2.75) is 58.7 Å². The Morgan fingerprint density at radius 1 is 1.23 bits per heavy atom. The average molecular weight is 317 g/mol. The molecule has 0 saturated heterocycles. The number of rotatable bonds is 6. The van der Waals surface area contributed by atoms with Gasteiger partial charge in [0.25, 0.3) is 0 Å². The second kappa shape index (κ2) is 8.45. The minimum atomic E-state index is -1.16. The lowest BCUT2D eigenvalue weighted by atomic mass is 10.2. The smallest absolute Gasteiger partial charge is 0.407 e. The maximum Gasteiger partial charge on any atom is 0.407 e. The predicted octanol–water partition coefficient (Wildman–Crippen LogP) is 1.40. The van der Waals surface area contributed by atoms with E-state index in [4.69, 9.17) is 9.84 Å². The van der Waals surface area contributed by atoms with Gasteiger partial charge in [0.1, 0.15) is 11.6 Å². The third kappa shape index (κ3) is 8.33. The van der Waals surface area contributed by atoms with Gasteiger partial charge in [0, 0.05) is 19.6 Å². The van der Waals surface area contributed by atoms with E-state index in [1.165, 1.54) is 4.90 Å². The van der Waals surface area contributed by atoms with E-state index in [2.05, 4.69) is 10.6 Å². The molecule has 8 heteroatoms. The Kier molecular flexibility index (Phi) is 7.69. The number of urea groups is 1. The van der Waals surface area contributed by atoms with Gasteiger partial charge in [-0.1, -0.05) is 0 Å². The van der Waals surface area contributed by atoms with Gasteiger partial charge in [-0.2, -0.15) is 0 Å². The molecule has 22 heavy (non-hydrogen) atoms. The van der Waals surface area contributed by atoms with E-state index in [-0.39, 0.29) is 19.0 Å². The van der Waals surface area contributed by atoms with Crippen molar-refractivity contribution in [1.29, 1.82) is 0 Å². The van der Waals surface area contributed by atoms with Gasteiger partial charge in [-0.15, -0.1) is 0 Å². The summed E-state index contributed by atoms with van der Waals surface area (Å²) in [5.74, 6) is -1.16. The van der Waals surface area contributed by atoms with Crippen molar-refractivity contribution in [3.63, 3.8) is 0 Å². The van der Waals surface area contributed by atoms with Crippen LogP contribution < -0.4 is 10.6 Å². The second-order valence-corrected chi connectivity index (χ2v) is 6.26. The Labute approximate surface area is 131 Å². The van der Waals surface area contributed by atoms with E-state index >= 15 is 0 Å². The molecule has 0 rings (SSSR count). The molecule has 3 amide bonds. The molecule has 0 spiro atoms. The molecule has 8 nitrogen and oxygen atoms in total. The molecule has 0 bridgehead atoms. The summed E-state index contributed by atoms with van der Waals surface area (Å²) in [5, 5.41) is 14.0. The Morgan fingerprint density at radius 3 is 2.18 bits per heavy atom. The van der Waals surface area contributed by atoms with Gasteiger partial charge in [-0.25, -0.2) is 14.4 Å². The number of nitrogens with zero attached hydrogens (tertiary/aromatic N) is 1. The summed E-state index contributed by atoms with van der Waals surface area (Å²) >= 11 is 0. The molecule has 1 atom stereocenters. The monoisotopic (exact) mass is 317 g/mol. The van der Waals surface area contributed by atoms with Crippen molar-refractivity contribution >= 4 is 18.1 Å². The summed E-state index contributed by atoms with van der Waals surface area (Å²) in [7, 11) is 1.58. The zero-order chi connectivity index (χ0) is 17.5. The molecular formula is C14H27N3O5. The Balaban J connectivity index is 4.35. The van der Waals surface area contributed by atoms with Crippen molar-refractivity contribution < 1.29 is 24.2 Å². The molecule has 0 aromatic carbocycles. The number of carbonyl (C=O) groups is 3. The van der Waals surface area contributed by atoms with Gasteiger partial charge >= 0.3 is 18.1 Å². The van der Waals surface area contributed by atoms with E-state index in [1.807, 2.05) is 13.8 Å². The summed E-state index contributed by atoms with van der Waals surface area (Å²) in [4.78, 5) is 35.8. The van der Waals surface area contributed by atoms with E-state index in [1.54, 1.807) is 27.8 Å². The molecular weight excluding hydrogens is 290 g/mol. The van der Waals surface area contributed by atoms with E-state index in [0.29, 0.717) is 0 Å². The van der Waals surface area contributed by atoms with Crippen LogP contribution in [0.1, 0.15) is 41.0 Å². The molecule has 0 heterocycles. The lowest BCUT2D eigenvalue weighted by molar-refractivity contribution is -0.139. The lowest BCUT2D eigenvalue weighted by Crippen LogP contribution is -2.49. The minimum absolute atomic E-state index is 0.0469. The quantitative estimate of drug-likeness (QED) is 0.686. The normalized spacial score (nSPS) is 12.5. The molecule has 0 aliphatic carbocycles. The van der Waals surface area contributed by atoms with Crippen LogP contribution in [0.5, 0.6) is 0 Å². The van der Waals surface area contributed by atoms with E-state index < -0.39 is 29.7 Å². The number of carboxylic acid groups (broad SMARTS) is 1. The van der Waals surface area contributed by atoms with Gasteiger partial charge in [0.2, 0.25) is 0 Å². The first-order valence-electron chi connectivity index (χ1n) is 7.17. The summed E-state index contributed by atoms with van der Waals surface area (Å²) in [6.07, 6.45) is -0.561. The second-order valence-electron chi connectivity index (χ2n) is 6.26. The zero-order valence-corrected chi connectivity index (χ0v) is 14.1. The van der Waals surface area contributed by atoms with Gasteiger partial charge in [-0.3, -0.25) is 0 Å². The molecule has 128 valence electrons. The number of nitrogens with one attached hydrogen (secondary N) is 2. The fourth-order valence-electron chi connectivity index (χ4n) is 1.38. The van der Waals surface area contributed by atoms with Crippen LogP contribution in [0.2, 0.25) is 0 Å². The maximum atomic E-state index is 11.8. The number of hydrogen-bond donors (Lipinski definition) is 3. The maximum absolute atomic E-state index is 11.8. The number of amides is 3. The van der Waals surface area contributed by atoms with Gasteiger partial charge in [0.15, 0.2) is 0 Å². The first-order valence-corrected chi connectivity index (χ1v) is 7.17.